The van der Waals surface area contributed by atoms with E-state index < -0.39 is 0 Å². The molecule has 3 heteroatoms. The van der Waals surface area contributed by atoms with Crippen LogP contribution in [0.25, 0.3) is 0 Å². The van der Waals surface area contributed by atoms with Crippen LogP contribution in [0.2, 0.25) is 0 Å². The fourth-order valence-corrected chi connectivity index (χ4v) is 2.74. The van der Waals surface area contributed by atoms with Crippen molar-refractivity contribution in [2.45, 2.75) is 38.6 Å². The quantitative estimate of drug-likeness (QED) is 0.874. The fraction of sp³-hybridized carbons (Fsp3) is 0.571. The maximum absolute atomic E-state index is 14.1. The maximum atomic E-state index is 14.1. The minimum atomic E-state index is -0.120. The standard InChI is InChI=1S/C14H21FN2/c1-14(2)8-4-10-17(14)13-11(7-9-16)5-3-6-12(13)15/h3,5-6H,4,7-10,16H2,1-2H3. The number of nitrogens with two attached hydrogens (primary N) is 1. The summed E-state index contributed by atoms with van der Waals surface area (Å²) in [5.74, 6) is -0.120. The smallest absolute Gasteiger partial charge is 0.146 e. The lowest BCUT2D eigenvalue weighted by atomic mass is 9.99. The highest BCUT2D eigenvalue weighted by molar-refractivity contribution is 5.57. The summed E-state index contributed by atoms with van der Waals surface area (Å²) < 4.78 is 14.1. The molecule has 0 spiro atoms. The molecule has 0 saturated carbocycles. The molecule has 17 heavy (non-hydrogen) atoms. The number of anilines is 1. The van der Waals surface area contributed by atoms with Gasteiger partial charge in [-0.1, -0.05) is 12.1 Å². The Kier molecular flexibility index (Phi) is 3.38. The number of hydrogen-bond acceptors (Lipinski definition) is 2. The summed E-state index contributed by atoms with van der Waals surface area (Å²) in [6, 6.07) is 5.30. The number of hydrogen-bond donors (Lipinski definition) is 1. The summed E-state index contributed by atoms with van der Waals surface area (Å²) in [7, 11) is 0. The van der Waals surface area contributed by atoms with Gasteiger partial charge in [-0.25, -0.2) is 4.39 Å². The molecule has 0 unspecified atom stereocenters. The molecule has 1 aliphatic heterocycles. The van der Waals surface area contributed by atoms with E-state index in [1.807, 2.05) is 6.07 Å². The number of halogens is 1. The van der Waals surface area contributed by atoms with E-state index in [0.717, 1.165) is 37.1 Å². The van der Waals surface area contributed by atoms with Crippen molar-refractivity contribution in [3.05, 3.63) is 29.6 Å². The van der Waals surface area contributed by atoms with E-state index in [0.29, 0.717) is 6.54 Å². The highest BCUT2D eigenvalue weighted by atomic mass is 19.1. The van der Waals surface area contributed by atoms with Crippen molar-refractivity contribution in [3.63, 3.8) is 0 Å². The Morgan fingerprint density at radius 2 is 2.18 bits per heavy atom. The van der Waals surface area contributed by atoms with Gasteiger partial charge in [0.2, 0.25) is 0 Å². The Morgan fingerprint density at radius 1 is 1.41 bits per heavy atom. The largest absolute Gasteiger partial charge is 0.364 e. The zero-order valence-electron chi connectivity index (χ0n) is 10.7. The van der Waals surface area contributed by atoms with Crippen LogP contribution in [0, 0.1) is 5.82 Å². The van der Waals surface area contributed by atoms with Crippen LogP contribution < -0.4 is 10.6 Å². The van der Waals surface area contributed by atoms with Crippen LogP contribution >= 0.6 is 0 Å². The maximum Gasteiger partial charge on any atom is 0.146 e. The molecule has 2 N–H and O–H groups in total. The van der Waals surface area contributed by atoms with Crippen molar-refractivity contribution in [2.75, 3.05) is 18.0 Å². The van der Waals surface area contributed by atoms with E-state index in [1.54, 1.807) is 12.1 Å². The average molecular weight is 236 g/mol. The average Bonchev–Trinajstić information content (AvgIpc) is 2.59. The van der Waals surface area contributed by atoms with Crippen molar-refractivity contribution in [3.8, 4) is 0 Å². The third kappa shape index (κ3) is 2.29. The molecule has 0 radical (unpaired) electrons. The molecule has 2 nitrogen and oxygen atoms in total. The molecule has 0 bridgehead atoms. The van der Waals surface area contributed by atoms with E-state index in [-0.39, 0.29) is 11.4 Å². The summed E-state index contributed by atoms with van der Waals surface area (Å²) in [4.78, 5) is 2.20. The van der Waals surface area contributed by atoms with E-state index in [4.69, 9.17) is 5.73 Å². The second-order valence-corrected chi connectivity index (χ2v) is 5.35. The molecule has 1 fully saturated rings. The first-order valence-electron chi connectivity index (χ1n) is 6.31. The number of para-hydroxylation sites is 1. The molecule has 0 atom stereocenters. The second-order valence-electron chi connectivity index (χ2n) is 5.35. The van der Waals surface area contributed by atoms with Crippen molar-refractivity contribution in [2.24, 2.45) is 5.73 Å². The Morgan fingerprint density at radius 3 is 2.76 bits per heavy atom. The molecule has 2 rings (SSSR count). The van der Waals surface area contributed by atoms with Gasteiger partial charge in [0, 0.05) is 12.1 Å². The van der Waals surface area contributed by atoms with Gasteiger partial charge in [-0.3, -0.25) is 0 Å². The molecule has 1 heterocycles. The van der Waals surface area contributed by atoms with Crippen LogP contribution in [0.1, 0.15) is 32.3 Å². The van der Waals surface area contributed by atoms with Crippen LogP contribution in [0.4, 0.5) is 10.1 Å². The van der Waals surface area contributed by atoms with Crippen molar-refractivity contribution in [1.29, 1.82) is 0 Å². The van der Waals surface area contributed by atoms with Crippen molar-refractivity contribution in [1.82, 2.24) is 0 Å². The zero-order chi connectivity index (χ0) is 12.5. The van der Waals surface area contributed by atoms with Gasteiger partial charge >= 0.3 is 0 Å². The van der Waals surface area contributed by atoms with Gasteiger partial charge in [0.15, 0.2) is 0 Å². The molecule has 0 aliphatic carbocycles. The lowest BCUT2D eigenvalue weighted by Crippen LogP contribution is -2.39. The summed E-state index contributed by atoms with van der Waals surface area (Å²) in [5, 5.41) is 0. The number of benzene rings is 1. The topological polar surface area (TPSA) is 29.3 Å². The molecular weight excluding hydrogens is 215 g/mol. The summed E-state index contributed by atoms with van der Waals surface area (Å²) in [5.41, 5.74) is 7.45. The first-order chi connectivity index (χ1) is 8.06. The first kappa shape index (κ1) is 12.4. The summed E-state index contributed by atoms with van der Waals surface area (Å²) >= 11 is 0. The molecule has 94 valence electrons. The molecule has 0 amide bonds. The molecule has 1 aromatic carbocycles. The Bertz CT molecular complexity index is 401. The normalized spacial score (nSPS) is 18.7. The van der Waals surface area contributed by atoms with Gasteiger partial charge in [0.1, 0.15) is 5.82 Å². The minimum Gasteiger partial charge on any atom is -0.364 e. The summed E-state index contributed by atoms with van der Waals surface area (Å²) in [6.45, 7) is 5.85. The van der Waals surface area contributed by atoms with Crippen LogP contribution in [0.15, 0.2) is 18.2 Å². The lowest BCUT2D eigenvalue weighted by Gasteiger charge is -2.35. The molecule has 1 saturated heterocycles. The van der Waals surface area contributed by atoms with Crippen LogP contribution in [-0.4, -0.2) is 18.6 Å². The monoisotopic (exact) mass is 236 g/mol. The van der Waals surface area contributed by atoms with E-state index in [1.165, 1.54) is 0 Å². The lowest BCUT2D eigenvalue weighted by molar-refractivity contribution is 0.505. The van der Waals surface area contributed by atoms with E-state index in [9.17, 15) is 4.39 Å². The van der Waals surface area contributed by atoms with Gasteiger partial charge in [0.25, 0.3) is 0 Å². The van der Waals surface area contributed by atoms with E-state index >= 15 is 0 Å². The predicted octanol–water partition coefficient (Wildman–Crippen LogP) is 2.71. The molecule has 1 aliphatic rings. The Hall–Kier alpha value is -1.09. The SMILES string of the molecule is CC1(C)CCCN1c1c(F)cccc1CCN. The van der Waals surface area contributed by atoms with Gasteiger partial charge in [-0.2, -0.15) is 0 Å². The Balaban J connectivity index is 2.43. The van der Waals surface area contributed by atoms with Gasteiger partial charge in [-0.15, -0.1) is 0 Å². The Labute approximate surface area is 103 Å². The number of nitrogens with zero attached hydrogens (tertiary/aromatic N) is 1. The third-order valence-corrected chi connectivity index (χ3v) is 3.65. The molecule has 0 aromatic heterocycles. The van der Waals surface area contributed by atoms with Crippen LogP contribution in [0.3, 0.4) is 0 Å². The van der Waals surface area contributed by atoms with Crippen molar-refractivity contribution >= 4 is 5.69 Å². The van der Waals surface area contributed by atoms with Gasteiger partial charge in [-0.05, 0) is 51.3 Å². The highest BCUT2D eigenvalue weighted by Crippen LogP contribution is 2.37. The van der Waals surface area contributed by atoms with E-state index in [2.05, 4.69) is 18.7 Å². The zero-order valence-corrected chi connectivity index (χ0v) is 10.7. The van der Waals surface area contributed by atoms with Crippen molar-refractivity contribution < 1.29 is 4.39 Å². The van der Waals surface area contributed by atoms with Crippen LogP contribution in [-0.2, 0) is 6.42 Å². The van der Waals surface area contributed by atoms with Crippen LogP contribution in [0.5, 0.6) is 0 Å². The van der Waals surface area contributed by atoms with Gasteiger partial charge in [0.05, 0.1) is 5.69 Å². The first-order valence-corrected chi connectivity index (χ1v) is 6.31. The summed E-state index contributed by atoms with van der Waals surface area (Å²) in [6.07, 6.45) is 2.98. The highest BCUT2D eigenvalue weighted by Gasteiger charge is 2.34. The van der Waals surface area contributed by atoms with Gasteiger partial charge < -0.3 is 10.6 Å². The third-order valence-electron chi connectivity index (χ3n) is 3.65. The predicted molar refractivity (Wildman–Crippen MR) is 69.8 cm³/mol. The minimum absolute atomic E-state index is 0.0472. The second kappa shape index (κ2) is 4.65. The molecule has 1 aromatic rings. The number of rotatable bonds is 3. The molecular formula is C14H21FN2. The fourth-order valence-electron chi connectivity index (χ4n) is 2.74.